The van der Waals surface area contributed by atoms with Crippen molar-refractivity contribution in [1.82, 2.24) is 29.3 Å². The lowest BCUT2D eigenvalue weighted by Crippen LogP contribution is -2.33. The number of hydrogen-bond donors (Lipinski definition) is 2. The van der Waals surface area contributed by atoms with Gasteiger partial charge in [-0.15, -0.1) is 0 Å². The summed E-state index contributed by atoms with van der Waals surface area (Å²) < 4.78 is 20.4. The maximum Gasteiger partial charge on any atom is 0.232 e. The van der Waals surface area contributed by atoms with Gasteiger partial charge in [-0.2, -0.15) is 15.1 Å². The van der Waals surface area contributed by atoms with E-state index in [1.165, 1.54) is 19.3 Å². The summed E-state index contributed by atoms with van der Waals surface area (Å²) >= 11 is 0. The maximum atomic E-state index is 10.1. The van der Waals surface area contributed by atoms with Crippen LogP contribution in [0.15, 0.2) is 24.7 Å². The van der Waals surface area contributed by atoms with Crippen molar-refractivity contribution >= 4 is 28.6 Å². The van der Waals surface area contributed by atoms with Gasteiger partial charge in [0.2, 0.25) is 11.7 Å². The molecule has 0 spiro atoms. The summed E-state index contributed by atoms with van der Waals surface area (Å²) in [6.07, 6.45) is 9.22. The highest BCUT2D eigenvalue weighted by molar-refractivity contribution is 5.91. The van der Waals surface area contributed by atoms with E-state index >= 15 is 0 Å². The van der Waals surface area contributed by atoms with E-state index in [0.717, 1.165) is 54.2 Å². The average Bonchev–Trinajstić information content (AvgIpc) is 3.68. The molecule has 2 fully saturated rings. The summed E-state index contributed by atoms with van der Waals surface area (Å²) in [5, 5.41) is 19.2. The molecule has 1 aliphatic heterocycles. The van der Waals surface area contributed by atoms with Crippen molar-refractivity contribution in [3.8, 4) is 22.9 Å². The zero-order chi connectivity index (χ0) is 27.8. The summed E-state index contributed by atoms with van der Waals surface area (Å²) in [5.74, 6) is 4.10. The summed E-state index contributed by atoms with van der Waals surface area (Å²) in [7, 11) is 4.76. The molecule has 6 rings (SSSR count). The highest BCUT2D eigenvalue weighted by Gasteiger charge is 2.30. The van der Waals surface area contributed by atoms with Gasteiger partial charge in [0.1, 0.15) is 12.1 Å². The third-order valence-corrected chi connectivity index (χ3v) is 8.03. The van der Waals surface area contributed by atoms with E-state index in [9.17, 15) is 5.11 Å². The van der Waals surface area contributed by atoms with Crippen LogP contribution in [0, 0.1) is 12.8 Å². The molecule has 2 aliphatic rings. The number of aliphatic hydroxyl groups is 1. The first-order chi connectivity index (χ1) is 19.5. The van der Waals surface area contributed by atoms with Gasteiger partial charge in [-0.05, 0) is 38.5 Å². The van der Waals surface area contributed by atoms with Crippen molar-refractivity contribution in [2.45, 2.75) is 51.6 Å². The molecule has 12 heteroatoms. The van der Waals surface area contributed by atoms with Gasteiger partial charge in [0.15, 0.2) is 23.0 Å². The molecule has 1 aliphatic carbocycles. The van der Waals surface area contributed by atoms with Crippen molar-refractivity contribution in [1.29, 1.82) is 0 Å². The molecule has 0 bridgehead atoms. The molecule has 4 heterocycles. The Morgan fingerprint density at radius 3 is 2.45 bits per heavy atom. The monoisotopic (exact) mass is 548 g/mol. The number of aromatic nitrogens is 6. The summed E-state index contributed by atoms with van der Waals surface area (Å²) in [6, 6.07) is 3.74. The van der Waals surface area contributed by atoms with Gasteiger partial charge in [0, 0.05) is 25.2 Å². The van der Waals surface area contributed by atoms with Crippen molar-refractivity contribution < 1.29 is 19.3 Å². The molecule has 1 atom stereocenters. The SMILES string of the molecule is COc1cc(-n2cnc(Nc3nc(N4CCCC4CO)c4c(C)nn(CC5CCC5)c4n3)c2)cc(OC)c1OC. The molecule has 0 radical (unpaired) electrons. The van der Waals surface area contributed by atoms with E-state index in [-0.39, 0.29) is 12.6 Å². The standard InChI is InChI=1S/C28H36N8O4/c1-17-24-26(35-10-6-9-19(35)15-37)31-28(32-27(24)36(33-17)13-18-7-5-8-18)30-23-14-34(16-29-23)20-11-21(38-2)25(40-4)22(12-20)39-3/h11-12,14,16,18-19,37H,5-10,13,15H2,1-4H3,(H,30,31,32). The zero-order valence-electron chi connectivity index (χ0n) is 23.4. The van der Waals surface area contributed by atoms with Crippen molar-refractivity contribution in [3.05, 3.63) is 30.4 Å². The first-order valence-corrected chi connectivity index (χ1v) is 13.8. The van der Waals surface area contributed by atoms with Crippen LogP contribution in [-0.2, 0) is 6.54 Å². The van der Waals surface area contributed by atoms with Gasteiger partial charge in [0.05, 0.1) is 56.9 Å². The van der Waals surface area contributed by atoms with Gasteiger partial charge >= 0.3 is 0 Å². The first kappa shape index (κ1) is 26.2. The van der Waals surface area contributed by atoms with E-state index in [1.54, 1.807) is 27.7 Å². The fourth-order valence-electron chi connectivity index (χ4n) is 5.70. The van der Waals surface area contributed by atoms with Gasteiger partial charge in [-0.25, -0.2) is 9.67 Å². The fraction of sp³-hybridized carbons (Fsp3) is 0.500. The molecule has 1 aromatic carbocycles. The largest absolute Gasteiger partial charge is 0.493 e. The van der Waals surface area contributed by atoms with Crippen LogP contribution in [0.25, 0.3) is 16.7 Å². The second-order valence-electron chi connectivity index (χ2n) is 10.5. The van der Waals surface area contributed by atoms with Crippen LogP contribution in [-0.4, -0.2) is 74.9 Å². The lowest BCUT2D eigenvalue weighted by molar-refractivity contribution is 0.266. The molecule has 1 unspecified atom stereocenters. The molecule has 12 nitrogen and oxygen atoms in total. The third kappa shape index (κ3) is 4.66. The molecule has 4 aromatic rings. The average molecular weight is 549 g/mol. The Morgan fingerprint density at radius 2 is 1.80 bits per heavy atom. The fourth-order valence-corrected chi connectivity index (χ4v) is 5.70. The summed E-state index contributed by atoms with van der Waals surface area (Å²) in [5.41, 5.74) is 2.51. The second-order valence-corrected chi connectivity index (χ2v) is 10.5. The lowest BCUT2D eigenvalue weighted by Gasteiger charge is -2.26. The molecule has 3 aromatic heterocycles. The number of hydrogen-bond acceptors (Lipinski definition) is 10. The number of ether oxygens (including phenoxy) is 3. The topological polar surface area (TPSA) is 125 Å². The quantitative estimate of drug-likeness (QED) is 0.302. The van der Waals surface area contributed by atoms with Crippen molar-refractivity contribution in [3.63, 3.8) is 0 Å². The Kier molecular flexibility index (Phi) is 7.09. The van der Waals surface area contributed by atoms with Gasteiger partial charge in [-0.3, -0.25) is 0 Å². The number of aryl methyl sites for hydroxylation is 1. The molecule has 2 N–H and O–H groups in total. The molecule has 0 amide bonds. The number of methoxy groups -OCH3 is 3. The number of nitrogens with one attached hydrogen (secondary N) is 1. The lowest BCUT2D eigenvalue weighted by atomic mass is 9.85. The van der Waals surface area contributed by atoms with Crippen LogP contribution in [0.5, 0.6) is 17.2 Å². The summed E-state index contributed by atoms with van der Waals surface area (Å²) in [6.45, 7) is 3.78. The maximum absolute atomic E-state index is 10.1. The second kappa shape index (κ2) is 10.8. The highest BCUT2D eigenvalue weighted by atomic mass is 16.5. The van der Waals surface area contributed by atoms with Crippen LogP contribution in [0.3, 0.4) is 0 Å². The van der Waals surface area contributed by atoms with Gasteiger partial charge < -0.3 is 34.1 Å². The number of aliphatic hydroxyl groups excluding tert-OH is 1. The Morgan fingerprint density at radius 1 is 1.02 bits per heavy atom. The van der Waals surface area contributed by atoms with Crippen LogP contribution < -0.4 is 24.4 Å². The van der Waals surface area contributed by atoms with Crippen molar-refractivity contribution in [2.24, 2.45) is 5.92 Å². The predicted molar refractivity (Wildman–Crippen MR) is 151 cm³/mol. The van der Waals surface area contributed by atoms with Crippen LogP contribution in [0.1, 0.15) is 37.8 Å². The van der Waals surface area contributed by atoms with Crippen LogP contribution in [0.2, 0.25) is 0 Å². The highest BCUT2D eigenvalue weighted by Crippen LogP contribution is 2.40. The van der Waals surface area contributed by atoms with E-state index in [2.05, 4.69) is 15.2 Å². The number of fused-ring (bicyclic) bond motifs is 1. The number of benzene rings is 1. The van der Waals surface area contributed by atoms with Crippen LogP contribution in [0.4, 0.5) is 17.6 Å². The van der Waals surface area contributed by atoms with E-state index in [4.69, 9.17) is 29.3 Å². The minimum atomic E-state index is 0.0274. The van der Waals surface area contributed by atoms with Gasteiger partial charge in [-0.1, -0.05) is 6.42 Å². The van der Waals surface area contributed by atoms with Gasteiger partial charge in [0.25, 0.3) is 0 Å². The Hall–Kier alpha value is -4.06. The third-order valence-electron chi connectivity index (χ3n) is 8.03. The smallest absolute Gasteiger partial charge is 0.232 e. The molecule has 40 heavy (non-hydrogen) atoms. The molecule has 1 saturated heterocycles. The molecule has 212 valence electrons. The zero-order valence-corrected chi connectivity index (χ0v) is 23.4. The Balaban J connectivity index is 1.37. The van der Waals surface area contributed by atoms with E-state index < -0.39 is 0 Å². The number of nitrogens with zero attached hydrogens (tertiary/aromatic N) is 7. The normalized spacial score (nSPS) is 17.3. The molecular weight excluding hydrogens is 512 g/mol. The molecular formula is C28H36N8O4. The number of rotatable bonds is 10. The predicted octanol–water partition coefficient (Wildman–Crippen LogP) is 3.85. The first-order valence-electron chi connectivity index (χ1n) is 13.8. The number of anilines is 3. The van der Waals surface area contributed by atoms with E-state index in [1.807, 2.05) is 34.5 Å². The van der Waals surface area contributed by atoms with Crippen LogP contribution >= 0.6 is 0 Å². The Labute approximate surface area is 232 Å². The number of imidazole rings is 1. The minimum absolute atomic E-state index is 0.0274. The van der Waals surface area contributed by atoms with E-state index in [0.29, 0.717) is 34.9 Å². The minimum Gasteiger partial charge on any atom is -0.493 e. The Bertz CT molecular complexity index is 1490. The summed E-state index contributed by atoms with van der Waals surface area (Å²) in [4.78, 5) is 16.6. The van der Waals surface area contributed by atoms with Crippen molar-refractivity contribution in [2.75, 3.05) is 44.7 Å². The molecule has 1 saturated carbocycles.